The highest BCUT2D eigenvalue weighted by atomic mass is 35.5. The number of piperidine rings is 1. The van der Waals surface area contributed by atoms with Gasteiger partial charge in [0.1, 0.15) is 4.21 Å². The summed E-state index contributed by atoms with van der Waals surface area (Å²) in [5, 5.41) is 3.34. The molecule has 7 heteroatoms. The van der Waals surface area contributed by atoms with Crippen LogP contribution in [-0.2, 0) is 10.0 Å². The maximum Gasteiger partial charge on any atom is 0.252 e. The predicted octanol–water partition coefficient (Wildman–Crippen LogP) is 2.80. The summed E-state index contributed by atoms with van der Waals surface area (Å²) < 4.78 is 27.8. The van der Waals surface area contributed by atoms with Crippen LogP contribution in [0.4, 0.5) is 0 Å². The Morgan fingerprint density at radius 2 is 2.30 bits per heavy atom. The molecule has 1 aromatic heterocycles. The van der Waals surface area contributed by atoms with Crippen LogP contribution in [0.1, 0.15) is 26.2 Å². The molecule has 1 saturated heterocycles. The van der Waals surface area contributed by atoms with Crippen LogP contribution >= 0.6 is 22.9 Å². The van der Waals surface area contributed by atoms with E-state index in [1.54, 1.807) is 16.4 Å². The van der Waals surface area contributed by atoms with Gasteiger partial charge in [-0.25, -0.2) is 8.42 Å². The second-order valence-corrected chi connectivity index (χ2v) is 9.01. The summed E-state index contributed by atoms with van der Waals surface area (Å²) in [4.78, 5) is 0. The molecule has 0 radical (unpaired) electrons. The molecule has 0 aromatic carbocycles. The van der Waals surface area contributed by atoms with E-state index in [1.807, 2.05) is 6.92 Å². The average Bonchev–Trinajstić information content (AvgIpc) is 2.87. The smallest absolute Gasteiger partial charge is 0.252 e. The maximum atomic E-state index is 12.7. The van der Waals surface area contributed by atoms with Crippen molar-refractivity contribution in [2.75, 3.05) is 26.2 Å². The minimum absolute atomic E-state index is 0.347. The second kappa shape index (κ2) is 7.22. The van der Waals surface area contributed by atoms with Gasteiger partial charge in [-0.2, -0.15) is 4.31 Å². The Kier molecular flexibility index (Phi) is 5.86. The molecular formula is C13H21ClN2O2S2. The molecule has 1 N–H and O–H groups in total. The molecule has 2 heterocycles. The average molecular weight is 337 g/mol. The summed E-state index contributed by atoms with van der Waals surface area (Å²) in [6.45, 7) is 5.11. The van der Waals surface area contributed by atoms with Crippen LogP contribution in [-0.4, -0.2) is 38.9 Å². The van der Waals surface area contributed by atoms with Crippen LogP contribution in [0.25, 0.3) is 0 Å². The van der Waals surface area contributed by atoms with Crippen LogP contribution in [0.5, 0.6) is 0 Å². The predicted molar refractivity (Wildman–Crippen MR) is 84.0 cm³/mol. The number of hydrogen-bond donors (Lipinski definition) is 1. The van der Waals surface area contributed by atoms with E-state index in [1.165, 1.54) is 0 Å². The van der Waals surface area contributed by atoms with Gasteiger partial charge in [-0.15, -0.1) is 11.3 Å². The van der Waals surface area contributed by atoms with E-state index in [-0.39, 0.29) is 0 Å². The van der Waals surface area contributed by atoms with Crippen molar-refractivity contribution in [3.8, 4) is 0 Å². The van der Waals surface area contributed by atoms with E-state index < -0.39 is 10.0 Å². The van der Waals surface area contributed by atoms with E-state index in [0.717, 1.165) is 43.7 Å². The fourth-order valence-electron chi connectivity index (χ4n) is 2.49. The molecule has 1 fully saturated rings. The Labute approximate surface area is 130 Å². The molecule has 0 bridgehead atoms. The van der Waals surface area contributed by atoms with Gasteiger partial charge in [-0.3, -0.25) is 0 Å². The van der Waals surface area contributed by atoms with Gasteiger partial charge in [0.25, 0.3) is 10.0 Å². The molecule has 0 aliphatic carbocycles. The van der Waals surface area contributed by atoms with Crippen molar-refractivity contribution in [1.82, 2.24) is 9.62 Å². The lowest BCUT2D eigenvalue weighted by molar-refractivity contribution is 0.292. The Bertz CT molecular complexity index is 524. The van der Waals surface area contributed by atoms with Crippen LogP contribution in [0.15, 0.2) is 16.3 Å². The monoisotopic (exact) mass is 336 g/mol. The molecule has 0 spiro atoms. The first kappa shape index (κ1) is 16.2. The lowest BCUT2D eigenvalue weighted by atomic mass is 10.00. The third-order valence-corrected chi connectivity index (χ3v) is 7.04. The van der Waals surface area contributed by atoms with E-state index in [0.29, 0.717) is 27.6 Å². The molecule has 1 unspecified atom stereocenters. The van der Waals surface area contributed by atoms with Crippen molar-refractivity contribution in [3.05, 3.63) is 16.5 Å². The molecule has 20 heavy (non-hydrogen) atoms. The number of halogens is 1. The number of hydrogen-bond acceptors (Lipinski definition) is 4. The summed E-state index contributed by atoms with van der Waals surface area (Å²) in [5.74, 6) is 0.403. The Morgan fingerprint density at radius 3 is 2.85 bits per heavy atom. The van der Waals surface area contributed by atoms with Crippen molar-refractivity contribution in [1.29, 1.82) is 0 Å². The van der Waals surface area contributed by atoms with Gasteiger partial charge >= 0.3 is 0 Å². The number of sulfonamides is 1. The zero-order valence-corrected chi connectivity index (χ0v) is 14.0. The zero-order valence-electron chi connectivity index (χ0n) is 11.6. The first-order valence-electron chi connectivity index (χ1n) is 7.00. The molecule has 2 rings (SSSR count). The maximum absolute atomic E-state index is 12.7. The van der Waals surface area contributed by atoms with Crippen molar-refractivity contribution in [3.63, 3.8) is 0 Å². The van der Waals surface area contributed by atoms with Gasteiger partial charge in [0.2, 0.25) is 0 Å². The molecule has 114 valence electrons. The van der Waals surface area contributed by atoms with Crippen LogP contribution < -0.4 is 5.32 Å². The van der Waals surface area contributed by atoms with Crippen LogP contribution in [0.2, 0.25) is 4.34 Å². The SMILES string of the molecule is CCCN(CC1CCCNC1)S(=O)(=O)c1ccc(Cl)s1. The summed E-state index contributed by atoms with van der Waals surface area (Å²) in [5.41, 5.74) is 0. The van der Waals surface area contributed by atoms with E-state index in [2.05, 4.69) is 5.32 Å². The molecule has 1 aliphatic rings. The first-order valence-corrected chi connectivity index (χ1v) is 9.63. The van der Waals surface area contributed by atoms with Gasteiger partial charge in [-0.1, -0.05) is 18.5 Å². The van der Waals surface area contributed by atoms with Crippen molar-refractivity contribution in [2.24, 2.45) is 5.92 Å². The van der Waals surface area contributed by atoms with E-state index in [9.17, 15) is 8.42 Å². The van der Waals surface area contributed by atoms with Crippen molar-refractivity contribution < 1.29 is 8.42 Å². The molecule has 1 aliphatic heterocycles. The number of rotatable bonds is 6. The van der Waals surface area contributed by atoms with Crippen LogP contribution in [0.3, 0.4) is 0 Å². The molecule has 0 saturated carbocycles. The number of thiophene rings is 1. The Morgan fingerprint density at radius 1 is 1.50 bits per heavy atom. The molecular weight excluding hydrogens is 316 g/mol. The Balaban J connectivity index is 2.14. The zero-order chi connectivity index (χ0) is 14.6. The summed E-state index contributed by atoms with van der Waals surface area (Å²) in [6, 6.07) is 3.25. The third-order valence-electron chi connectivity index (χ3n) is 3.48. The highest BCUT2D eigenvalue weighted by molar-refractivity contribution is 7.91. The van der Waals surface area contributed by atoms with E-state index >= 15 is 0 Å². The number of nitrogens with one attached hydrogen (secondary N) is 1. The summed E-state index contributed by atoms with van der Waals surface area (Å²) in [6.07, 6.45) is 3.03. The van der Waals surface area contributed by atoms with Crippen LogP contribution in [0, 0.1) is 5.92 Å². The van der Waals surface area contributed by atoms with Gasteiger partial charge in [0.15, 0.2) is 0 Å². The van der Waals surface area contributed by atoms with Gasteiger partial charge in [-0.05, 0) is 50.4 Å². The molecule has 0 amide bonds. The van der Waals surface area contributed by atoms with Gasteiger partial charge < -0.3 is 5.32 Å². The molecule has 1 atom stereocenters. The lowest BCUT2D eigenvalue weighted by Gasteiger charge is -2.29. The minimum atomic E-state index is -3.40. The standard InChI is InChI=1S/C13H21ClN2O2S2/c1-2-8-16(10-11-4-3-7-15-9-11)20(17,18)13-6-5-12(14)19-13/h5-6,11,15H,2-4,7-10H2,1H3. The topological polar surface area (TPSA) is 49.4 Å². The number of nitrogens with zero attached hydrogens (tertiary/aromatic N) is 1. The van der Waals surface area contributed by atoms with Gasteiger partial charge in [0, 0.05) is 13.1 Å². The fraction of sp³-hybridized carbons (Fsp3) is 0.692. The minimum Gasteiger partial charge on any atom is -0.316 e. The summed E-state index contributed by atoms with van der Waals surface area (Å²) in [7, 11) is -3.40. The highest BCUT2D eigenvalue weighted by Gasteiger charge is 2.28. The van der Waals surface area contributed by atoms with E-state index in [4.69, 9.17) is 11.6 Å². The normalized spacial score (nSPS) is 20.4. The quantitative estimate of drug-likeness (QED) is 0.869. The highest BCUT2D eigenvalue weighted by Crippen LogP contribution is 2.29. The second-order valence-electron chi connectivity index (χ2n) is 5.13. The largest absolute Gasteiger partial charge is 0.316 e. The third kappa shape index (κ3) is 3.95. The molecule has 4 nitrogen and oxygen atoms in total. The van der Waals surface area contributed by atoms with Gasteiger partial charge in [0.05, 0.1) is 4.34 Å². The summed E-state index contributed by atoms with van der Waals surface area (Å²) >= 11 is 7.00. The van der Waals surface area contributed by atoms with Crippen molar-refractivity contribution >= 4 is 33.0 Å². The first-order chi connectivity index (χ1) is 9.54. The van der Waals surface area contributed by atoms with Crippen molar-refractivity contribution in [2.45, 2.75) is 30.4 Å². The Hall–Kier alpha value is -0.140. The lowest BCUT2D eigenvalue weighted by Crippen LogP contribution is -2.41. The molecule has 1 aromatic rings. The fourth-order valence-corrected chi connectivity index (χ4v) is 5.74.